The summed E-state index contributed by atoms with van der Waals surface area (Å²) in [7, 11) is 0. The van der Waals surface area contributed by atoms with Gasteiger partial charge in [-0.05, 0) is 88.0 Å². The zero-order valence-corrected chi connectivity index (χ0v) is 25.8. The summed E-state index contributed by atoms with van der Waals surface area (Å²) in [6.07, 6.45) is 18.4. The van der Waals surface area contributed by atoms with Crippen LogP contribution in [0.1, 0.15) is 104 Å². The van der Waals surface area contributed by atoms with Crippen molar-refractivity contribution in [3.8, 4) is 0 Å². The van der Waals surface area contributed by atoms with Gasteiger partial charge in [0.15, 0.2) is 5.78 Å². The summed E-state index contributed by atoms with van der Waals surface area (Å²) in [5.74, 6) is 0.965. The van der Waals surface area contributed by atoms with E-state index in [9.17, 15) is 25.2 Å². The van der Waals surface area contributed by atoms with Crippen molar-refractivity contribution in [3.63, 3.8) is 0 Å². The summed E-state index contributed by atoms with van der Waals surface area (Å²) < 4.78 is 0. The Labute approximate surface area is 247 Å². The summed E-state index contributed by atoms with van der Waals surface area (Å²) in [5, 5.41) is 43.3. The van der Waals surface area contributed by atoms with Crippen LogP contribution in [-0.4, -0.2) is 75.2 Å². The smallest absolute Gasteiger partial charge is 0.162 e. The molecule has 0 aromatic carbocycles. The van der Waals surface area contributed by atoms with Gasteiger partial charge in [0.25, 0.3) is 0 Å². The largest absolute Gasteiger partial charge is 0.394 e. The Bertz CT molecular complexity index is 1080. The fourth-order valence-electron chi connectivity index (χ4n) is 11.5. The van der Waals surface area contributed by atoms with Gasteiger partial charge in [-0.15, -0.1) is 0 Å². The molecule has 41 heavy (non-hydrogen) atoms. The standard InChI is InChI=1S/C35H55NO5/c1-4-18-36(21-26(39)22-37)23-34(41)15-12-29-32(34,3)14-11-28-31(2)13-10-25(38)19-33(31)16-17-35(28,29)27(20-33)30(40)24-8-6-5-7-9-24/h16-17,20,24-26,28-29,37-39,41H,4-15,18-19,21-23H2,1-3H3. The minimum Gasteiger partial charge on any atom is -0.394 e. The third-order valence-corrected chi connectivity index (χ3v) is 13.7. The lowest BCUT2D eigenvalue weighted by atomic mass is 9.32. The molecule has 2 bridgehead atoms. The van der Waals surface area contributed by atoms with Gasteiger partial charge >= 0.3 is 0 Å². The molecule has 0 aromatic rings. The SMILES string of the molecule is CCCN(CC(O)CO)CC1(O)CCC2C34C=CC5(C=C3C(=O)C3CCCCC3)CC(O)CCC5(C)C4CCC21C. The molecule has 2 spiro atoms. The molecule has 6 heteroatoms. The van der Waals surface area contributed by atoms with Crippen LogP contribution in [0.2, 0.25) is 0 Å². The van der Waals surface area contributed by atoms with Gasteiger partial charge in [0.1, 0.15) is 0 Å². The lowest BCUT2D eigenvalue weighted by Crippen LogP contribution is -2.67. The molecule has 4 fully saturated rings. The minimum absolute atomic E-state index is 0.00115. The Morgan fingerprint density at radius 1 is 1.00 bits per heavy atom. The van der Waals surface area contributed by atoms with Crippen molar-refractivity contribution < 1.29 is 25.2 Å². The molecule has 0 amide bonds. The Hall–Kier alpha value is -1.05. The number of carbonyl (C=O) groups excluding carboxylic acids is 1. The number of nitrogens with zero attached hydrogens (tertiary/aromatic N) is 1. The van der Waals surface area contributed by atoms with E-state index in [1.807, 2.05) is 0 Å². The van der Waals surface area contributed by atoms with Gasteiger partial charge in [-0.25, -0.2) is 0 Å². The highest BCUT2D eigenvalue weighted by Gasteiger charge is 2.74. The van der Waals surface area contributed by atoms with Crippen molar-refractivity contribution in [2.45, 2.75) is 122 Å². The second-order valence-electron chi connectivity index (χ2n) is 15.6. The number of rotatable bonds is 9. The highest BCUT2D eigenvalue weighted by Crippen LogP contribution is 2.78. The van der Waals surface area contributed by atoms with Gasteiger partial charge < -0.3 is 20.4 Å². The van der Waals surface area contributed by atoms with Crippen molar-refractivity contribution in [1.82, 2.24) is 4.90 Å². The number of allylic oxidation sites excluding steroid dienone is 4. The summed E-state index contributed by atoms with van der Waals surface area (Å²) in [4.78, 5) is 16.8. The second-order valence-corrected chi connectivity index (χ2v) is 15.6. The molecule has 6 nitrogen and oxygen atoms in total. The van der Waals surface area contributed by atoms with Crippen molar-refractivity contribution in [2.75, 3.05) is 26.2 Å². The number of hydrogen-bond acceptors (Lipinski definition) is 6. The van der Waals surface area contributed by atoms with Gasteiger partial charge in [0, 0.05) is 40.8 Å². The summed E-state index contributed by atoms with van der Waals surface area (Å²) in [5.41, 5.74) is -0.895. The first-order chi connectivity index (χ1) is 19.5. The normalized spacial score (nSPS) is 46.1. The third kappa shape index (κ3) is 4.24. The monoisotopic (exact) mass is 569 g/mol. The second kappa shape index (κ2) is 10.5. The molecule has 9 unspecified atom stereocenters. The van der Waals surface area contributed by atoms with Gasteiger partial charge in [-0.2, -0.15) is 0 Å². The van der Waals surface area contributed by atoms with Gasteiger partial charge in [0.2, 0.25) is 0 Å². The quantitative estimate of drug-likeness (QED) is 0.298. The van der Waals surface area contributed by atoms with Crippen molar-refractivity contribution in [2.24, 2.45) is 39.4 Å². The predicted octanol–water partition coefficient (Wildman–Crippen LogP) is 4.79. The van der Waals surface area contributed by atoms with E-state index < -0.39 is 11.7 Å². The highest BCUT2D eigenvalue weighted by molar-refractivity contribution is 6.00. The molecule has 7 aliphatic carbocycles. The first-order valence-corrected chi connectivity index (χ1v) is 16.9. The molecule has 9 atom stereocenters. The Morgan fingerprint density at radius 2 is 1.68 bits per heavy atom. The van der Waals surface area contributed by atoms with Gasteiger partial charge in [-0.1, -0.05) is 58.3 Å². The number of fused-ring (bicyclic) bond motifs is 1. The van der Waals surface area contributed by atoms with Crippen LogP contribution in [0, 0.1) is 39.4 Å². The molecule has 4 saturated carbocycles. The molecular formula is C35H55NO5. The number of Topliss-reactive ketones (excluding diaryl/α,β-unsaturated/α-hetero) is 1. The topological polar surface area (TPSA) is 101 Å². The van der Waals surface area contributed by atoms with Crippen LogP contribution in [0.25, 0.3) is 0 Å². The first-order valence-electron chi connectivity index (χ1n) is 16.9. The molecule has 0 heterocycles. The van der Waals surface area contributed by atoms with Crippen LogP contribution in [0.4, 0.5) is 0 Å². The first kappa shape index (κ1) is 30.0. The molecular weight excluding hydrogens is 514 g/mol. The van der Waals surface area contributed by atoms with Crippen LogP contribution in [0.15, 0.2) is 23.8 Å². The zero-order valence-electron chi connectivity index (χ0n) is 25.8. The molecule has 7 aliphatic rings. The number of aliphatic hydroxyl groups excluding tert-OH is 3. The molecule has 0 aliphatic heterocycles. The zero-order chi connectivity index (χ0) is 29.3. The number of aliphatic hydroxyl groups is 4. The maximum atomic E-state index is 14.6. The van der Waals surface area contributed by atoms with Crippen LogP contribution in [0.5, 0.6) is 0 Å². The average Bonchev–Trinajstić information content (AvgIpc) is 3.23. The third-order valence-electron chi connectivity index (χ3n) is 13.7. The van der Waals surface area contributed by atoms with Crippen LogP contribution < -0.4 is 0 Å². The Kier molecular flexibility index (Phi) is 7.71. The number of ketones is 1. The van der Waals surface area contributed by atoms with E-state index in [2.05, 4.69) is 43.9 Å². The van der Waals surface area contributed by atoms with E-state index in [0.29, 0.717) is 37.6 Å². The van der Waals surface area contributed by atoms with E-state index in [1.165, 1.54) is 6.42 Å². The average molecular weight is 570 g/mol. The lowest BCUT2D eigenvalue weighted by molar-refractivity contribution is -0.180. The number of carbonyl (C=O) groups is 1. The van der Waals surface area contributed by atoms with Crippen molar-refractivity contribution >= 4 is 5.78 Å². The Balaban J connectivity index is 1.42. The van der Waals surface area contributed by atoms with E-state index in [1.54, 1.807) is 0 Å². The summed E-state index contributed by atoms with van der Waals surface area (Å²) >= 11 is 0. The van der Waals surface area contributed by atoms with E-state index in [-0.39, 0.29) is 46.2 Å². The molecule has 7 rings (SSSR count). The molecule has 0 radical (unpaired) electrons. The fourth-order valence-corrected chi connectivity index (χ4v) is 11.5. The van der Waals surface area contributed by atoms with Gasteiger partial charge in [-0.3, -0.25) is 9.69 Å². The fraction of sp³-hybridized carbons (Fsp3) is 0.857. The van der Waals surface area contributed by atoms with Crippen molar-refractivity contribution in [1.29, 1.82) is 0 Å². The minimum atomic E-state index is -0.926. The van der Waals surface area contributed by atoms with E-state index in [0.717, 1.165) is 76.3 Å². The molecule has 0 aromatic heterocycles. The maximum Gasteiger partial charge on any atom is 0.162 e. The summed E-state index contributed by atoms with van der Waals surface area (Å²) in [6.45, 7) is 8.18. The Morgan fingerprint density at radius 3 is 2.39 bits per heavy atom. The predicted molar refractivity (Wildman–Crippen MR) is 160 cm³/mol. The van der Waals surface area contributed by atoms with Crippen LogP contribution >= 0.6 is 0 Å². The summed E-state index contributed by atoms with van der Waals surface area (Å²) in [6, 6.07) is 0. The lowest BCUT2D eigenvalue weighted by Gasteiger charge is -2.71. The number of hydrogen-bond donors (Lipinski definition) is 4. The van der Waals surface area contributed by atoms with Crippen LogP contribution in [-0.2, 0) is 4.79 Å². The van der Waals surface area contributed by atoms with Gasteiger partial charge in [0.05, 0.1) is 24.4 Å². The van der Waals surface area contributed by atoms with Crippen LogP contribution in [0.3, 0.4) is 0 Å². The van der Waals surface area contributed by atoms with Crippen molar-refractivity contribution in [3.05, 3.63) is 23.8 Å². The van der Waals surface area contributed by atoms with E-state index >= 15 is 0 Å². The molecule has 0 saturated heterocycles. The highest BCUT2D eigenvalue weighted by atomic mass is 16.3. The molecule has 4 N–H and O–H groups in total. The maximum absolute atomic E-state index is 14.6. The van der Waals surface area contributed by atoms with E-state index in [4.69, 9.17) is 0 Å². The molecule has 230 valence electrons.